The van der Waals surface area contributed by atoms with Gasteiger partial charge in [0.2, 0.25) is 11.8 Å². The Balaban J connectivity index is 0.947. The van der Waals surface area contributed by atoms with E-state index in [1.54, 1.807) is 0 Å². The van der Waals surface area contributed by atoms with Crippen molar-refractivity contribution in [2.24, 2.45) is 11.8 Å². The van der Waals surface area contributed by atoms with Gasteiger partial charge in [-0.2, -0.15) is 0 Å². The summed E-state index contributed by atoms with van der Waals surface area (Å²) < 4.78 is 0. The molecule has 392 valence electrons. The number of nitrogens with zero attached hydrogens (tertiary/aromatic N) is 3. The molecule has 2 aliphatic heterocycles. The van der Waals surface area contributed by atoms with Crippen LogP contribution in [0.3, 0.4) is 0 Å². The van der Waals surface area contributed by atoms with Crippen molar-refractivity contribution in [2.75, 3.05) is 78.5 Å². The Hall–Kier alpha value is -6.15. The summed E-state index contributed by atoms with van der Waals surface area (Å²) in [5, 5.41) is 46.9. The van der Waals surface area contributed by atoms with Crippen LogP contribution in [0.5, 0.6) is 0 Å². The van der Waals surface area contributed by atoms with Crippen LogP contribution >= 0.6 is 0 Å². The zero-order chi connectivity index (χ0) is 51.2. The summed E-state index contributed by atoms with van der Waals surface area (Å²) in [6, 6.07) is 16.9. The van der Waals surface area contributed by atoms with E-state index >= 15 is 0 Å². The predicted molar refractivity (Wildman–Crippen MR) is 272 cm³/mol. The van der Waals surface area contributed by atoms with Crippen LogP contribution in [0.15, 0.2) is 66.7 Å². The lowest BCUT2D eigenvalue weighted by atomic mass is 9.81. The Morgan fingerprint density at radius 2 is 1.29 bits per heavy atom. The number of rotatable bonds is 22. The topological polar surface area (TPSA) is 262 Å². The summed E-state index contributed by atoms with van der Waals surface area (Å²) in [5.74, 6) is -4.85. The van der Waals surface area contributed by atoms with Gasteiger partial charge in [0, 0.05) is 83.2 Å². The van der Waals surface area contributed by atoms with Gasteiger partial charge < -0.3 is 57.0 Å². The SMILES string of the molecule is O=C(O)CC[C@H](NC(=O)N[C@@H](CCCCNC(=O)[C@H](Cc1ccc2ccccc2c1)NC(=O)C1CCC(CNC(=O)c2ccc(CN3CCCN4CCNCCCN(CC4)CC3)cc2)CC1)C(=O)O)C(=O)O. The maximum absolute atomic E-state index is 13.8. The second kappa shape index (κ2) is 28.8. The van der Waals surface area contributed by atoms with E-state index in [1.165, 1.54) is 12.0 Å². The average Bonchev–Trinajstić information content (AvgIpc) is 3.37. The fraction of sp³-hybridized carbons (Fsp3) is 0.566. The summed E-state index contributed by atoms with van der Waals surface area (Å²) in [4.78, 5) is 95.3. The van der Waals surface area contributed by atoms with E-state index in [9.17, 15) is 43.8 Å². The van der Waals surface area contributed by atoms with Crippen LogP contribution in [0.1, 0.15) is 92.1 Å². The second-order valence-corrected chi connectivity index (χ2v) is 19.6. The number of benzene rings is 3. The van der Waals surface area contributed by atoms with Gasteiger partial charge in [0.25, 0.3) is 5.91 Å². The molecule has 0 aromatic heterocycles. The van der Waals surface area contributed by atoms with Crippen molar-refractivity contribution in [3.05, 3.63) is 83.4 Å². The summed E-state index contributed by atoms with van der Waals surface area (Å²) in [7, 11) is 0. The number of carboxylic acid groups (broad SMARTS) is 3. The maximum Gasteiger partial charge on any atom is 0.326 e. The molecule has 3 fully saturated rings. The van der Waals surface area contributed by atoms with Crippen LogP contribution in [-0.4, -0.2) is 168 Å². The standard InChI is InChI=1S/C53H75N9O10/c63-47(64)21-20-45(52(70)71)59-53(72)58-44(51(68)69)9-3-4-23-55-50(67)46(34-39-14-15-40-7-1-2-8-43(40)33-39)57-49(66)42-16-10-37(11-17-42)35-56-48(65)41-18-12-38(13-19-41)36-62-27-6-26-60-28-24-54-22-5-25-61(30-29-60)31-32-62/h1-2,7-8,12-15,18-19,33,37,42,44-46,54H,3-6,9-11,16-17,20-32,34-36H2,(H,55,67)(H,56,65)(H,57,66)(H,63,64)(H,68,69)(H,70,71)(H2,58,59,72)/t37?,42?,44-,45-,46-/m0/s1. The molecule has 0 spiro atoms. The summed E-state index contributed by atoms with van der Waals surface area (Å²) >= 11 is 0. The molecule has 3 aliphatic rings. The molecule has 5 atom stereocenters. The number of urea groups is 1. The second-order valence-electron chi connectivity index (χ2n) is 19.6. The molecule has 19 heteroatoms. The van der Waals surface area contributed by atoms with Gasteiger partial charge in [-0.15, -0.1) is 0 Å². The number of hydrogen-bond acceptors (Lipinski definition) is 11. The molecule has 19 nitrogen and oxygen atoms in total. The number of carboxylic acids is 3. The van der Waals surface area contributed by atoms with Crippen molar-refractivity contribution < 1.29 is 48.9 Å². The Morgan fingerprint density at radius 3 is 2.01 bits per heavy atom. The zero-order valence-electron chi connectivity index (χ0n) is 41.5. The van der Waals surface area contributed by atoms with Gasteiger partial charge in [0.1, 0.15) is 18.1 Å². The molecule has 5 amide bonds. The van der Waals surface area contributed by atoms with Gasteiger partial charge in [-0.05, 0) is 130 Å². The van der Waals surface area contributed by atoms with Gasteiger partial charge in [-0.3, -0.25) is 24.1 Å². The Kier molecular flexibility index (Phi) is 22.1. The zero-order valence-corrected chi connectivity index (χ0v) is 41.5. The lowest BCUT2D eigenvalue weighted by Crippen LogP contribution is -2.51. The molecule has 72 heavy (non-hydrogen) atoms. The van der Waals surface area contributed by atoms with Crippen molar-refractivity contribution >= 4 is 52.4 Å². The molecular formula is C53H75N9O10. The van der Waals surface area contributed by atoms with E-state index in [2.05, 4.69) is 58.7 Å². The number of carbonyl (C=O) groups excluding carboxylic acids is 4. The molecule has 2 heterocycles. The van der Waals surface area contributed by atoms with E-state index in [1.807, 2.05) is 54.6 Å². The van der Waals surface area contributed by atoms with E-state index in [0.29, 0.717) is 31.4 Å². The smallest absolute Gasteiger partial charge is 0.326 e. The van der Waals surface area contributed by atoms with Gasteiger partial charge in [0.15, 0.2) is 0 Å². The van der Waals surface area contributed by atoms with Crippen molar-refractivity contribution in [3.8, 4) is 0 Å². The third-order valence-electron chi connectivity index (χ3n) is 14.2. The number of hydrogen-bond donors (Lipinski definition) is 9. The average molecular weight is 998 g/mol. The predicted octanol–water partition coefficient (Wildman–Crippen LogP) is 3.26. The third kappa shape index (κ3) is 18.5. The third-order valence-corrected chi connectivity index (χ3v) is 14.2. The first-order valence-electron chi connectivity index (χ1n) is 25.8. The number of carbonyl (C=O) groups is 7. The molecule has 6 rings (SSSR count). The van der Waals surface area contributed by atoms with E-state index in [-0.39, 0.29) is 55.9 Å². The highest BCUT2D eigenvalue weighted by Crippen LogP contribution is 2.29. The van der Waals surface area contributed by atoms with Crippen molar-refractivity contribution in [3.63, 3.8) is 0 Å². The van der Waals surface area contributed by atoms with E-state index in [4.69, 9.17) is 5.11 Å². The summed E-state index contributed by atoms with van der Waals surface area (Å²) in [6.07, 6.45) is 4.97. The van der Waals surface area contributed by atoms with Crippen LogP contribution in [0.2, 0.25) is 0 Å². The highest BCUT2D eigenvalue weighted by Gasteiger charge is 2.31. The van der Waals surface area contributed by atoms with Gasteiger partial charge in [0.05, 0.1) is 0 Å². The molecule has 9 N–H and O–H groups in total. The molecular weight excluding hydrogens is 923 g/mol. The number of fused-ring (bicyclic) bond motifs is 4. The Bertz CT molecular complexity index is 2270. The molecule has 3 aromatic carbocycles. The number of nitrogens with one attached hydrogen (secondary N) is 6. The normalized spacial score (nSPS) is 21.2. The molecule has 2 unspecified atom stereocenters. The minimum Gasteiger partial charge on any atom is -0.481 e. The lowest BCUT2D eigenvalue weighted by molar-refractivity contribution is -0.141. The van der Waals surface area contributed by atoms with E-state index in [0.717, 1.165) is 108 Å². The molecule has 2 saturated heterocycles. The first kappa shape index (κ1) is 55.2. The van der Waals surface area contributed by atoms with Gasteiger partial charge in [-0.1, -0.05) is 54.6 Å². The highest BCUT2D eigenvalue weighted by molar-refractivity contribution is 5.94. The molecule has 1 saturated carbocycles. The van der Waals surface area contributed by atoms with Crippen molar-refractivity contribution in [2.45, 2.75) is 102 Å². The largest absolute Gasteiger partial charge is 0.481 e. The number of amides is 5. The number of aliphatic carboxylic acids is 3. The highest BCUT2D eigenvalue weighted by atomic mass is 16.4. The minimum atomic E-state index is -1.52. The maximum atomic E-state index is 13.8. The number of unbranched alkanes of at least 4 members (excludes halogenated alkanes) is 1. The first-order valence-corrected chi connectivity index (χ1v) is 25.8. The fourth-order valence-electron chi connectivity index (χ4n) is 9.85. The molecule has 0 radical (unpaired) electrons. The van der Waals surface area contributed by atoms with Gasteiger partial charge >= 0.3 is 23.9 Å². The minimum absolute atomic E-state index is 0.0294. The molecule has 1 aliphatic carbocycles. The van der Waals surface area contributed by atoms with Crippen LogP contribution in [0.4, 0.5) is 4.79 Å². The lowest BCUT2D eigenvalue weighted by Gasteiger charge is -2.34. The monoisotopic (exact) mass is 998 g/mol. The summed E-state index contributed by atoms with van der Waals surface area (Å²) in [6.45, 7) is 12.3. The van der Waals surface area contributed by atoms with Crippen LogP contribution in [0.25, 0.3) is 10.8 Å². The van der Waals surface area contributed by atoms with E-state index < -0.39 is 54.4 Å². The van der Waals surface area contributed by atoms with Crippen molar-refractivity contribution in [1.29, 1.82) is 0 Å². The molecule has 3 aromatic rings. The Morgan fingerprint density at radius 1 is 0.625 bits per heavy atom. The van der Waals surface area contributed by atoms with Gasteiger partial charge in [-0.25, -0.2) is 14.4 Å². The molecule has 2 bridgehead atoms. The van der Waals surface area contributed by atoms with Crippen LogP contribution in [-0.2, 0) is 36.9 Å². The Labute approximate surface area is 422 Å². The summed E-state index contributed by atoms with van der Waals surface area (Å²) in [5.41, 5.74) is 2.68. The quantitative estimate of drug-likeness (QED) is 0.0655. The van der Waals surface area contributed by atoms with Crippen molar-refractivity contribution in [1.82, 2.24) is 46.6 Å². The van der Waals surface area contributed by atoms with Crippen LogP contribution < -0.4 is 31.9 Å². The van der Waals surface area contributed by atoms with Crippen LogP contribution in [0, 0.1) is 11.8 Å². The fourth-order valence-corrected chi connectivity index (χ4v) is 9.85. The first-order chi connectivity index (χ1) is 34.8.